The third kappa shape index (κ3) is 3.17. The summed E-state index contributed by atoms with van der Waals surface area (Å²) in [5.74, 6) is 0.139. The molecule has 8 heteroatoms. The average Bonchev–Trinajstić information content (AvgIpc) is 2.78. The largest absolute Gasteiger partial charge is 0.484 e. The number of piperidine rings is 1. The number of amides is 2. The predicted octanol–water partition coefficient (Wildman–Crippen LogP) is 3.35. The fourth-order valence-corrected chi connectivity index (χ4v) is 5.28. The van der Waals surface area contributed by atoms with Crippen LogP contribution in [0.15, 0.2) is 53.7 Å². The van der Waals surface area contributed by atoms with Crippen molar-refractivity contribution in [2.24, 2.45) is 0 Å². The summed E-state index contributed by atoms with van der Waals surface area (Å²) in [6.45, 7) is 1.09. The fourth-order valence-electron chi connectivity index (χ4n) is 4.02. The molecule has 2 amide bonds. The molecule has 7 nitrogen and oxygen atoms in total. The zero-order valence-electron chi connectivity index (χ0n) is 16.1. The van der Waals surface area contributed by atoms with Crippen LogP contribution in [-0.4, -0.2) is 51.9 Å². The van der Waals surface area contributed by atoms with Gasteiger partial charge in [0.25, 0.3) is 0 Å². The van der Waals surface area contributed by atoms with Gasteiger partial charge >= 0.3 is 6.03 Å². The highest BCUT2D eigenvalue weighted by molar-refractivity contribution is 8.04. The van der Waals surface area contributed by atoms with Gasteiger partial charge in [-0.3, -0.25) is 14.6 Å². The average molecular weight is 421 g/mol. The molecule has 0 saturated carbocycles. The van der Waals surface area contributed by atoms with Gasteiger partial charge in [0.2, 0.25) is 11.6 Å². The molecule has 5 rings (SSSR count). The summed E-state index contributed by atoms with van der Waals surface area (Å²) in [4.78, 5) is 43.7. The Balaban J connectivity index is 1.32. The molecular formula is C22H19N3O4S. The number of hydrogen-bond acceptors (Lipinski definition) is 6. The maximum atomic E-state index is 12.6. The Kier molecular flexibility index (Phi) is 4.58. The number of rotatable bonds is 1. The number of urea groups is 1. The summed E-state index contributed by atoms with van der Waals surface area (Å²) < 4.78 is 6.43. The molecule has 1 aromatic carbocycles. The van der Waals surface area contributed by atoms with Crippen LogP contribution in [0.5, 0.6) is 0 Å². The molecule has 1 fully saturated rings. The zero-order chi connectivity index (χ0) is 20.7. The second kappa shape index (κ2) is 7.28. The van der Waals surface area contributed by atoms with E-state index < -0.39 is 17.2 Å². The van der Waals surface area contributed by atoms with Crippen molar-refractivity contribution in [3.8, 4) is 0 Å². The summed E-state index contributed by atoms with van der Waals surface area (Å²) in [7, 11) is 0. The van der Waals surface area contributed by atoms with Crippen molar-refractivity contribution in [2.45, 2.75) is 18.4 Å². The normalized spacial score (nSPS) is 19.8. The van der Waals surface area contributed by atoms with Gasteiger partial charge in [0, 0.05) is 49.0 Å². The summed E-state index contributed by atoms with van der Waals surface area (Å²) in [5.41, 5.74) is 1.28. The molecule has 0 radical (unpaired) electrons. The number of ketones is 2. The first-order valence-corrected chi connectivity index (χ1v) is 10.8. The van der Waals surface area contributed by atoms with E-state index in [2.05, 4.69) is 10.3 Å². The van der Waals surface area contributed by atoms with Gasteiger partial charge in [0.15, 0.2) is 0 Å². The fraction of sp³-hybridized carbons (Fsp3) is 0.273. The van der Waals surface area contributed by atoms with Crippen LogP contribution < -0.4 is 5.32 Å². The number of fused-ring (bicyclic) bond motifs is 2. The zero-order valence-corrected chi connectivity index (χ0v) is 16.9. The molecule has 2 aliphatic heterocycles. The predicted molar refractivity (Wildman–Crippen MR) is 113 cm³/mol. The highest BCUT2D eigenvalue weighted by atomic mass is 32.2. The summed E-state index contributed by atoms with van der Waals surface area (Å²) in [6, 6.07) is 10.5. The number of carbonyl (C=O) groups is 3. The quantitative estimate of drug-likeness (QED) is 0.711. The van der Waals surface area contributed by atoms with Crippen molar-refractivity contribution in [2.75, 3.05) is 24.2 Å². The minimum absolute atomic E-state index is 0.162. The molecule has 1 N–H and O–H groups in total. The number of anilines is 1. The highest BCUT2D eigenvalue weighted by Gasteiger charge is 2.46. The Bertz CT molecular complexity index is 1070. The van der Waals surface area contributed by atoms with E-state index in [9.17, 15) is 14.4 Å². The van der Waals surface area contributed by atoms with Crippen LogP contribution in [-0.2, 0) is 9.53 Å². The minimum atomic E-state index is -0.489. The maximum Gasteiger partial charge on any atom is 0.321 e. The van der Waals surface area contributed by atoms with Gasteiger partial charge in [-0.2, -0.15) is 0 Å². The molecule has 0 bridgehead atoms. The van der Waals surface area contributed by atoms with E-state index in [1.807, 2.05) is 12.1 Å². The topological polar surface area (TPSA) is 88.6 Å². The number of thioether (sulfide) groups is 1. The van der Waals surface area contributed by atoms with Crippen LogP contribution in [0.4, 0.5) is 10.5 Å². The molecular weight excluding hydrogens is 402 g/mol. The number of Topliss-reactive ketones (excluding diaryl/α,β-unsaturated/α-hetero) is 2. The first-order valence-electron chi connectivity index (χ1n) is 9.77. The third-order valence-corrected chi connectivity index (χ3v) is 7.04. The third-order valence-electron chi connectivity index (χ3n) is 5.71. The highest BCUT2D eigenvalue weighted by Crippen LogP contribution is 2.47. The van der Waals surface area contributed by atoms with Crippen molar-refractivity contribution < 1.29 is 19.1 Å². The Morgan fingerprint density at radius 1 is 1.07 bits per heavy atom. The molecule has 1 aromatic heterocycles. The monoisotopic (exact) mass is 421 g/mol. The number of nitrogens with one attached hydrogen (secondary N) is 1. The lowest BCUT2D eigenvalue weighted by molar-refractivity contribution is -0.111. The van der Waals surface area contributed by atoms with Crippen LogP contribution in [0.3, 0.4) is 0 Å². The molecule has 2 aromatic rings. The Hall–Kier alpha value is -3.13. The van der Waals surface area contributed by atoms with Crippen LogP contribution >= 0.6 is 11.8 Å². The number of allylic oxidation sites excluding steroid dienone is 1. The van der Waals surface area contributed by atoms with E-state index in [0.29, 0.717) is 59.2 Å². The van der Waals surface area contributed by atoms with E-state index >= 15 is 0 Å². The molecule has 1 saturated heterocycles. The van der Waals surface area contributed by atoms with Crippen molar-refractivity contribution in [3.63, 3.8) is 0 Å². The summed E-state index contributed by atoms with van der Waals surface area (Å²) in [5, 5.41) is 2.86. The number of hydrogen-bond donors (Lipinski definition) is 1. The number of ether oxygens (including phenoxy) is 1. The van der Waals surface area contributed by atoms with Crippen LogP contribution in [0, 0.1) is 0 Å². The summed E-state index contributed by atoms with van der Waals surface area (Å²) in [6.07, 6.45) is 4.57. The van der Waals surface area contributed by atoms with E-state index in [0.717, 1.165) is 0 Å². The SMILES string of the molecule is O=C1C(=O)c2ccccc2C2=C1SCC1(CCN(C(=O)Nc3cccnc3)CC1)O2. The van der Waals surface area contributed by atoms with Gasteiger partial charge in [-0.25, -0.2) is 4.79 Å². The Morgan fingerprint density at radius 3 is 2.57 bits per heavy atom. The van der Waals surface area contributed by atoms with Crippen molar-refractivity contribution in [3.05, 3.63) is 64.8 Å². The van der Waals surface area contributed by atoms with E-state index in [1.165, 1.54) is 11.8 Å². The van der Waals surface area contributed by atoms with Crippen LogP contribution in [0.25, 0.3) is 5.76 Å². The van der Waals surface area contributed by atoms with Gasteiger partial charge in [-0.1, -0.05) is 24.3 Å². The van der Waals surface area contributed by atoms with Gasteiger partial charge in [-0.05, 0) is 12.1 Å². The van der Waals surface area contributed by atoms with E-state index in [4.69, 9.17) is 4.74 Å². The second-order valence-corrected chi connectivity index (χ2v) is 8.58. The van der Waals surface area contributed by atoms with Crippen molar-refractivity contribution >= 4 is 40.8 Å². The number of nitrogens with zero attached hydrogens (tertiary/aromatic N) is 2. The second-order valence-electron chi connectivity index (χ2n) is 7.59. The smallest absolute Gasteiger partial charge is 0.321 e. The van der Waals surface area contributed by atoms with Crippen molar-refractivity contribution in [1.82, 2.24) is 9.88 Å². The molecule has 0 unspecified atom stereocenters. The van der Waals surface area contributed by atoms with E-state index in [-0.39, 0.29) is 6.03 Å². The molecule has 30 heavy (non-hydrogen) atoms. The molecule has 3 aliphatic rings. The Morgan fingerprint density at radius 2 is 1.83 bits per heavy atom. The van der Waals surface area contributed by atoms with Gasteiger partial charge in [-0.15, -0.1) is 11.8 Å². The molecule has 152 valence electrons. The maximum absolute atomic E-state index is 12.6. The van der Waals surface area contributed by atoms with Gasteiger partial charge in [0.1, 0.15) is 16.3 Å². The number of carbonyl (C=O) groups excluding carboxylic acids is 3. The lowest BCUT2D eigenvalue weighted by atomic mass is 9.90. The first kappa shape index (κ1) is 18.9. The van der Waals surface area contributed by atoms with E-state index in [1.54, 1.807) is 41.6 Å². The van der Waals surface area contributed by atoms with Gasteiger partial charge in [0.05, 0.1) is 11.9 Å². The number of benzene rings is 1. The molecule has 3 heterocycles. The van der Waals surface area contributed by atoms with Gasteiger partial charge < -0.3 is 15.0 Å². The number of pyridine rings is 1. The number of aromatic nitrogens is 1. The standard InChI is InChI=1S/C22H19N3O4S/c26-17-15-5-1-2-6-16(15)19-20(18(17)27)30-13-22(29-19)7-10-25(11-8-22)21(28)24-14-4-3-9-23-12-14/h1-6,9,12H,7-8,10-11,13H2,(H,24,28). The van der Waals surface area contributed by atoms with Crippen molar-refractivity contribution in [1.29, 1.82) is 0 Å². The lowest BCUT2D eigenvalue weighted by Crippen LogP contribution is -2.51. The Labute approximate surface area is 177 Å². The molecule has 0 atom stereocenters. The van der Waals surface area contributed by atoms with Crippen LogP contribution in [0.1, 0.15) is 28.8 Å². The lowest BCUT2D eigenvalue weighted by Gasteiger charge is -2.45. The minimum Gasteiger partial charge on any atom is -0.484 e. The number of likely N-dealkylation sites (tertiary alicyclic amines) is 1. The molecule has 1 aliphatic carbocycles. The van der Waals surface area contributed by atoms with Crippen LogP contribution in [0.2, 0.25) is 0 Å². The summed E-state index contributed by atoms with van der Waals surface area (Å²) >= 11 is 1.40. The first-order chi connectivity index (χ1) is 14.6. The molecule has 1 spiro atoms.